The Morgan fingerprint density at radius 3 is 2.78 bits per heavy atom. The number of hydrogen-bond acceptors (Lipinski definition) is 3. The predicted molar refractivity (Wildman–Crippen MR) is 38.1 cm³/mol. The van der Waals surface area contributed by atoms with Gasteiger partial charge in [-0.15, -0.1) is 11.3 Å². The third-order valence-electron chi connectivity index (χ3n) is 1.09. The maximum atomic E-state index is 8.61. The van der Waals surface area contributed by atoms with Crippen molar-refractivity contribution in [2.24, 2.45) is 5.73 Å². The van der Waals surface area contributed by atoms with Crippen molar-refractivity contribution in [1.82, 2.24) is 0 Å². The van der Waals surface area contributed by atoms with Gasteiger partial charge in [-0.05, 0) is 17.0 Å². The number of aliphatic hydroxyl groups excluding tert-OH is 1. The van der Waals surface area contributed by atoms with Crippen molar-refractivity contribution >= 4 is 11.3 Å². The molecule has 0 bridgehead atoms. The molecular formula is C6H9NOS. The number of thiophene rings is 1. The molecule has 0 saturated carbocycles. The van der Waals surface area contributed by atoms with Crippen LogP contribution in [0.4, 0.5) is 0 Å². The summed E-state index contributed by atoms with van der Waals surface area (Å²) in [5.41, 5.74) is 6.31. The fourth-order valence-corrected chi connectivity index (χ4v) is 1.38. The minimum Gasteiger partial charge on any atom is -0.392 e. The van der Waals surface area contributed by atoms with Gasteiger partial charge in [0.25, 0.3) is 0 Å². The number of nitrogens with two attached hydrogens (primary N) is 1. The normalized spacial score (nSPS) is 10.0. The van der Waals surface area contributed by atoms with Crippen LogP contribution >= 0.6 is 11.3 Å². The van der Waals surface area contributed by atoms with Gasteiger partial charge in [-0.1, -0.05) is 0 Å². The summed E-state index contributed by atoms with van der Waals surface area (Å²) in [5, 5.41) is 10.5. The fourth-order valence-electron chi connectivity index (χ4n) is 0.616. The molecule has 9 heavy (non-hydrogen) atoms. The highest BCUT2D eigenvalue weighted by Crippen LogP contribution is 2.12. The van der Waals surface area contributed by atoms with E-state index in [9.17, 15) is 0 Å². The smallest absolute Gasteiger partial charge is 0.0690 e. The molecule has 0 saturated heterocycles. The molecule has 0 aliphatic rings. The second-order valence-corrected chi connectivity index (χ2v) is 2.78. The molecule has 0 aromatic carbocycles. The van der Waals surface area contributed by atoms with E-state index in [2.05, 4.69) is 0 Å². The molecular weight excluding hydrogens is 134 g/mol. The first-order valence-corrected chi connectivity index (χ1v) is 3.62. The number of aliphatic hydroxyl groups is 1. The quantitative estimate of drug-likeness (QED) is 0.640. The highest BCUT2D eigenvalue weighted by Gasteiger charge is 1.94. The van der Waals surface area contributed by atoms with Crippen LogP contribution in [0.5, 0.6) is 0 Å². The lowest BCUT2D eigenvalue weighted by Crippen LogP contribution is -1.91. The zero-order valence-electron chi connectivity index (χ0n) is 5.00. The van der Waals surface area contributed by atoms with Gasteiger partial charge >= 0.3 is 0 Å². The maximum Gasteiger partial charge on any atom is 0.0690 e. The molecule has 1 aromatic heterocycles. The number of hydrogen-bond donors (Lipinski definition) is 2. The van der Waals surface area contributed by atoms with Gasteiger partial charge < -0.3 is 10.8 Å². The average Bonchev–Trinajstić information content (AvgIpc) is 2.34. The zero-order chi connectivity index (χ0) is 6.69. The summed E-state index contributed by atoms with van der Waals surface area (Å²) in [6.45, 7) is 0.696. The standard InChI is InChI=1S/C6H9NOS/c7-2-6-1-5(3-8)4-9-6/h1,4,8H,2-3,7H2. The van der Waals surface area contributed by atoms with E-state index >= 15 is 0 Å². The van der Waals surface area contributed by atoms with E-state index < -0.39 is 0 Å². The molecule has 0 radical (unpaired) electrons. The lowest BCUT2D eigenvalue weighted by Gasteiger charge is -1.83. The Hall–Kier alpha value is -0.380. The lowest BCUT2D eigenvalue weighted by atomic mass is 10.3. The Kier molecular flexibility index (Phi) is 2.22. The molecule has 0 amide bonds. The van der Waals surface area contributed by atoms with Gasteiger partial charge in [0.05, 0.1) is 6.61 Å². The molecule has 1 rings (SSSR count). The van der Waals surface area contributed by atoms with Crippen molar-refractivity contribution in [1.29, 1.82) is 0 Å². The van der Waals surface area contributed by atoms with Gasteiger partial charge in [0.15, 0.2) is 0 Å². The van der Waals surface area contributed by atoms with Crippen LogP contribution in [-0.2, 0) is 13.2 Å². The SMILES string of the molecule is NCc1cc(CO)cs1. The van der Waals surface area contributed by atoms with E-state index in [4.69, 9.17) is 10.8 Å². The second-order valence-electron chi connectivity index (χ2n) is 1.78. The van der Waals surface area contributed by atoms with Crippen LogP contribution in [0.25, 0.3) is 0 Å². The first-order chi connectivity index (χ1) is 4.36. The molecule has 1 aromatic rings. The van der Waals surface area contributed by atoms with Gasteiger partial charge in [0, 0.05) is 11.4 Å². The van der Waals surface area contributed by atoms with Crippen LogP contribution in [0.3, 0.4) is 0 Å². The Morgan fingerprint density at radius 2 is 2.44 bits per heavy atom. The van der Waals surface area contributed by atoms with E-state index in [0.717, 1.165) is 10.4 Å². The van der Waals surface area contributed by atoms with E-state index in [0.29, 0.717) is 6.54 Å². The summed E-state index contributed by atoms with van der Waals surface area (Å²) in [6.07, 6.45) is 0. The van der Waals surface area contributed by atoms with Gasteiger partial charge in [-0.25, -0.2) is 0 Å². The molecule has 50 valence electrons. The molecule has 0 spiro atoms. The minimum absolute atomic E-state index is 0.122. The van der Waals surface area contributed by atoms with Crippen LogP contribution in [0.2, 0.25) is 0 Å². The van der Waals surface area contributed by atoms with Gasteiger partial charge in [0.2, 0.25) is 0 Å². The van der Waals surface area contributed by atoms with Crippen molar-refractivity contribution < 1.29 is 5.11 Å². The third-order valence-corrected chi connectivity index (χ3v) is 2.10. The summed E-state index contributed by atoms with van der Waals surface area (Å²) in [6, 6.07) is 1.92. The van der Waals surface area contributed by atoms with Crippen molar-refractivity contribution in [2.45, 2.75) is 13.2 Å². The Balaban J connectivity index is 2.74. The number of rotatable bonds is 2. The van der Waals surface area contributed by atoms with Crippen LogP contribution < -0.4 is 5.73 Å². The van der Waals surface area contributed by atoms with Gasteiger partial charge in [0.1, 0.15) is 0 Å². The molecule has 2 nitrogen and oxygen atoms in total. The molecule has 0 aliphatic carbocycles. The van der Waals surface area contributed by atoms with Gasteiger partial charge in [-0.2, -0.15) is 0 Å². The summed E-state index contributed by atoms with van der Waals surface area (Å²) in [7, 11) is 0. The summed E-state index contributed by atoms with van der Waals surface area (Å²) in [5.74, 6) is 0. The van der Waals surface area contributed by atoms with E-state index in [1.807, 2.05) is 11.4 Å². The molecule has 0 atom stereocenters. The Morgan fingerprint density at radius 1 is 1.67 bits per heavy atom. The van der Waals surface area contributed by atoms with Crippen molar-refractivity contribution in [3.8, 4) is 0 Å². The molecule has 3 heteroatoms. The summed E-state index contributed by atoms with van der Waals surface area (Å²) < 4.78 is 0. The van der Waals surface area contributed by atoms with Crippen molar-refractivity contribution in [2.75, 3.05) is 0 Å². The van der Waals surface area contributed by atoms with Crippen molar-refractivity contribution in [3.05, 3.63) is 21.9 Å². The van der Waals surface area contributed by atoms with Crippen LogP contribution in [0.15, 0.2) is 11.4 Å². The van der Waals surface area contributed by atoms with Gasteiger partial charge in [-0.3, -0.25) is 0 Å². The molecule has 0 aliphatic heterocycles. The lowest BCUT2D eigenvalue weighted by molar-refractivity contribution is 0.282. The monoisotopic (exact) mass is 143 g/mol. The van der Waals surface area contributed by atoms with E-state index in [1.54, 1.807) is 11.3 Å². The minimum atomic E-state index is 0.122. The predicted octanol–water partition coefficient (Wildman–Crippen LogP) is 0.699. The summed E-state index contributed by atoms with van der Waals surface area (Å²) in [4.78, 5) is 1.12. The average molecular weight is 143 g/mol. The first kappa shape index (κ1) is 6.74. The van der Waals surface area contributed by atoms with Crippen LogP contribution in [0.1, 0.15) is 10.4 Å². The molecule has 3 N–H and O–H groups in total. The van der Waals surface area contributed by atoms with Crippen LogP contribution in [0, 0.1) is 0 Å². The highest BCUT2D eigenvalue weighted by molar-refractivity contribution is 7.10. The largest absolute Gasteiger partial charge is 0.392 e. The fraction of sp³-hybridized carbons (Fsp3) is 0.333. The topological polar surface area (TPSA) is 46.2 Å². The molecule has 1 heterocycles. The highest BCUT2D eigenvalue weighted by atomic mass is 32.1. The van der Waals surface area contributed by atoms with Crippen LogP contribution in [-0.4, -0.2) is 5.11 Å². The first-order valence-electron chi connectivity index (χ1n) is 2.74. The molecule has 0 fully saturated rings. The maximum absolute atomic E-state index is 8.61. The molecule has 0 unspecified atom stereocenters. The second kappa shape index (κ2) is 2.96. The van der Waals surface area contributed by atoms with Crippen molar-refractivity contribution in [3.63, 3.8) is 0 Å². The van der Waals surface area contributed by atoms with E-state index in [-0.39, 0.29) is 6.61 Å². The summed E-state index contributed by atoms with van der Waals surface area (Å²) >= 11 is 1.59. The third kappa shape index (κ3) is 1.51. The Bertz CT molecular complexity index is 166. The zero-order valence-corrected chi connectivity index (χ0v) is 5.82. The Labute approximate surface area is 57.9 Å². The van der Waals surface area contributed by atoms with E-state index in [1.165, 1.54) is 0 Å².